The predicted molar refractivity (Wildman–Crippen MR) is 129 cm³/mol. The van der Waals surface area contributed by atoms with Crippen molar-refractivity contribution in [3.63, 3.8) is 0 Å². The van der Waals surface area contributed by atoms with Crippen LogP contribution in [0.1, 0.15) is 11.1 Å². The minimum Gasteiger partial charge on any atom is -0.258 e. The summed E-state index contributed by atoms with van der Waals surface area (Å²) in [4.78, 5) is 37.7. The van der Waals surface area contributed by atoms with Gasteiger partial charge in [-0.1, -0.05) is 48.5 Å². The number of aliphatic imine (C=N–C) groups is 1. The number of fused-ring (bicyclic) bond motifs is 3. The van der Waals surface area contributed by atoms with E-state index in [-0.39, 0.29) is 22.5 Å². The van der Waals surface area contributed by atoms with Crippen LogP contribution in [-0.4, -0.2) is 20.5 Å². The topological polar surface area (TPSA) is 142 Å². The Morgan fingerprint density at radius 2 is 1.40 bits per heavy atom. The molecular weight excluding hydrogens is 452 g/mol. The Kier molecular flexibility index (Phi) is 5.10. The van der Waals surface area contributed by atoms with Gasteiger partial charge in [-0.05, 0) is 34.9 Å². The highest BCUT2D eigenvalue weighted by Crippen LogP contribution is 2.45. The first-order valence-corrected chi connectivity index (χ1v) is 10.3. The van der Waals surface area contributed by atoms with Crippen LogP contribution in [0.4, 0.5) is 11.4 Å². The van der Waals surface area contributed by atoms with Crippen molar-refractivity contribution in [2.24, 2.45) is 4.99 Å². The van der Waals surface area contributed by atoms with E-state index in [2.05, 4.69) is 4.99 Å². The van der Waals surface area contributed by atoms with Gasteiger partial charge in [0.25, 0.3) is 11.4 Å². The molecule has 0 aromatic heterocycles. The van der Waals surface area contributed by atoms with Gasteiger partial charge in [0.15, 0.2) is 0 Å². The first-order valence-electron chi connectivity index (χ1n) is 10.3. The largest absolute Gasteiger partial charge is 0.302 e. The number of hydrogen-bond donors (Lipinski definition) is 0. The van der Waals surface area contributed by atoms with Crippen LogP contribution >= 0.6 is 0 Å². The number of non-ortho nitro benzene ring substituents is 1. The molecule has 0 fully saturated rings. The zero-order chi connectivity index (χ0) is 24.7. The van der Waals surface area contributed by atoms with Crippen LogP contribution in [-0.2, 0) is 0 Å². The van der Waals surface area contributed by atoms with Crippen molar-refractivity contribution in [2.45, 2.75) is 0 Å². The molecule has 3 aromatic rings. The van der Waals surface area contributed by atoms with Crippen molar-refractivity contribution in [1.29, 1.82) is 0 Å². The Bertz CT molecular complexity index is 1570. The zero-order valence-corrected chi connectivity index (χ0v) is 17.8. The van der Waals surface area contributed by atoms with Crippen molar-refractivity contribution < 1.29 is 14.8 Å². The number of benzene rings is 3. The molecule has 0 radical (unpaired) electrons. The molecule has 10 nitrogen and oxygen atoms in total. The molecule has 10 heteroatoms. The fourth-order valence-electron chi connectivity index (χ4n) is 4.21. The maximum absolute atomic E-state index is 12.0. The van der Waals surface area contributed by atoms with Gasteiger partial charge in [-0.3, -0.25) is 30.3 Å². The van der Waals surface area contributed by atoms with Gasteiger partial charge in [0.2, 0.25) is 0 Å². The molecule has 0 spiro atoms. The fraction of sp³-hybridized carbons (Fsp3) is 0. The highest BCUT2D eigenvalue weighted by Gasteiger charge is 2.41. The summed E-state index contributed by atoms with van der Waals surface area (Å²) in [6, 6.07) is 20.4. The van der Waals surface area contributed by atoms with Crippen molar-refractivity contribution in [3.05, 3.63) is 137 Å². The molecule has 0 saturated carbocycles. The summed E-state index contributed by atoms with van der Waals surface area (Å²) < 4.78 is 0. The van der Waals surface area contributed by atoms with Crippen LogP contribution < -0.4 is 0 Å². The second kappa shape index (κ2) is 8.27. The maximum Gasteiger partial charge on any atom is 0.302 e. The molecule has 0 heterocycles. The second-order valence-corrected chi connectivity index (χ2v) is 7.73. The van der Waals surface area contributed by atoms with E-state index in [0.29, 0.717) is 16.8 Å². The summed E-state index contributed by atoms with van der Waals surface area (Å²) in [6.45, 7) is 0. The molecule has 0 saturated heterocycles. The average Bonchev–Trinajstić information content (AvgIpc) is 3.23. The highest BCUT2D eigenvalue weighted by molar-refractivity contribution is 6.28. The number of allylic oxidation sites excluding steroid dienone is 3. The lowest BCUT2D eigenvalue weighted by Crippen LogP contribution is -2.20. The highest BCUT2D eigenvalue weighted by atomic mass is 16.6. The summed E-state index contributed by atoms with van der Waals surface area (Å²) >= 11 is 0. The van der Waals surface area contributed by atoms with Gasteiger partial charge in [0, 0.05) is 23.3 Å². The normalized spacial score (nSPS) is 15.3. The molecule has 0 unspecified atom stereocenters. The molecule has 0 amide bonds. The Hall–Kier alpha value is -5.25. The average molecular weight is 466 g/mol. The third-order valence-electron chi connectivity index (χ3n) is 5.73. The summed E-state index contributed by atoms with van der Waals surface area (Å²) in [7, 11) is 0. The number of rotatable bonds is 5. The zero-order valence-electron chi connectivity index (χ0n) is 17.8. The van der Waals surface area contributed by atoms with E-state index in [9.17, 15) is 30.3 Å². The Morgan fingerprint density at radius 3 is 2.09 bits per heavy atom. The summed E-state index contributed by atoms with van der Waals surface area (Å²) in [6.07, 6.45) is 2.37. The molecule has 0 N–H and O–H groups in total. The van der Waals surface area contributed by atoms with Crippen molar-refractivity contribution in [2.75, 3.05) is 0 Å². The first-order chi connectivity index (χ1) is 16.8. The molecule has 2 aliphatic rings. The minimum atomic E-state index is -0.712. The van der Waals surface area contributed by atoms with Crippen LogP contribution in [0.15, 0.2) is 101 Å². The molecule has 3 aromatic carbocycles. The van der Waals surface area contributed by atoms with Crippen molar-refractivity contribution in [3.8, 4) is 11.1 Å². The summed E-state index contributed by atoms with van der Waals surface area (Å²) in [5.74, 6) is 0. The molecule has 0 atom stereocenters. The van der Waals surface area contributed by atoms with E-state index in [1.54, 1.807) is 12.1 Å². The molecule has 170 valence electrons. The third kappa shape index (κ3) is 3.68. The van der Waals surface area contributed by atoms with Crippen LogP contribution in [0.3, 0.4) is 0 Å². The maximum atomic E-state index is 12.0. The Morgan fingerprint density at radius 1 is 0.686 bits per heavy atom. The van der Waals surface area contributed by atoms with E-state index >= 15 is 0 Å². The van der Waals surface area contributed by atoms with E-state index in [1.807, 2.05) is 42.5 Å². The number of nitro groups is 3. The van der Waals surface area contributed by atoms with E-state index in [1.165, 1.54) is 24.3 Å². The molecule has 0 bridgehead atoms. The first kappa shape index (κ1) is 21.6. The molecule has 2 aliphatic carbocycles. The standard InChI is InChI=1S/C25H14N4O6/c30-27(31)17-10-11-19-16(12-17)13-20-24(19)22(28(32)33)14-23(29(34)35)25(20)26-21-9-5-4-8-18(21)15-6-2-1-3-7-15/h1-14H. The van der Waals surface area contributed by atoms with E-state index < -0.39 is 26.2 Å². The number of nitro benzene ring substituents is 1. The van der Waals surface area contributed by atoms with Gasteiger partial charge in [0.1, 0.15) is 5.71 Å². The quantitative estimate of drug-likeness (QED) is 0.354. The van der Waals surface area contributed by atoms with Crippen LogP contribution in [0.2, 0.25) is 0 Å². The number of hydrogen-bond acceptors (Lipinski definition) is 7. The van der Waals surface area contributed by atoms with Gasteiger partial charge < -0.3 is 0 Å². The SMILES string of the molecule is O=[N+]([O-])C1=CC([N+](=O)[O-])=C2C(=Cc3cc([N+](=O)[O-])ccc32)C1=Nc1ccccc1-c1ccccc1. The molecule has 5 rings (SSSR count). The van der Waals surface area contributed by atoms with E-state index in [0.717, 1.165) is 17.2 Å². The van der Waals surface area contributed by atoms with Gasteiger partial charge in [-0.25, -0.2) is 4.99 Å². The third-order valence-corrected chi connectivity index (χ3v) is 5.73. The second-order valence-electron chi connectivity index (χ2n) is 7.73. The molecule has 0 aliphatic heterocycles. The fourth-order valence-corrected chi connectivity index (χ4v) is 4.21. The van der Waals surface area contributed by atoms with E-state index in [4.69, 9.17) is 0 Å². The van der Waals surface area contributed by atoms with Crippen molar-refractivity contribution >= 4 is 28.7 Å². The lowest BCUT2D eigenvalue weighted by molar-refractivity contribution is -0.428. The van der Waals surface area contributed by atoms with Crippen LogP contribution in [0, 0.1) is 30.3 Å². The molecular formula is C25H14N4O6. The van der Waals surface area contributed by atoms with Crippen LogP contribution in [0.25, 0.3) is 22.8 Å². The Balaban J connectivity index is 1.77. The van der Waals surface area contributed by atoms with Gasteiger partial charge in [-0.2, -0.15) is 0 Å². The lowest BCUT2D eigenvalue weighted by atomic mass is 9.91. The monoisotopic (exact) mass is 466 g/mol. The lowest BCUT2D eigenvalue weighted by Gasteiger charge is -2.15. The van der Waals surface area contributed by atoms with Gasteiger partial charge in [0.05, 0.1) is 32.1 Å². The van der Waals surface area contributed by atoms with Gasteiger partial charge in [-0.15, -0.1) is 0 Å². The van der Waals surface area contributed by atoms with Gasteiger partial charge >= 0.3 is 5.70 Å². The summed E-state index contributed by atoms with van der Waals surface area (Å²) in [5, 5.41) is 35.1. The van der Waals surface area contributed by atoms with Crippen LogP contribution in [0.5, 0.6) is 0 Å². The smallest absolute Gasteiger partial charge is 0.258 e. The van der Waals surface area contributed by atoms with Crippen molar-refractivity contribution in [1.82, 2.24) is 0 Å². The number of nitrogens with zero attached hydrogens (tertiary/aromatic N) is 4. The Labute approximate surface area is 197 Å². The number of para-hydroxylation sites is 1. The molecule has 35 heavy (non-hydrogen) atoms. The minimum absolute atomic E-state index is 0.0576. The summed E-state index contributed by atoms with van der Waals surface area (Å²) in [5.41, 5.74) is 1.79. The predicted octanol–water partition coefficient (Wildman–Crippen LogP) is 5.59.